The van der Waals surface area contributed by atoms with Crippen molar-refractivity contribution in [2.24, 2.45) is 0 Å². The Morgan fingerprint density at radius 3 is 2.86 bits per heavy atom. The second kappa shape index (κ2) is 7.00. The molecule has 0 aliphatic rings. The van der Waals surface area contributed by atoms with Crippen LogP contribution in [0, 0.1) is 6.92 Å². The number of thiazole rings is 1. The number of aromatic nitrogens is 3. The van der Waals surface area contributed by atoms with Crippen molar-refractivity contribution in [2.75, 3.05) is 0 Å². The van der Waals surface area contributed by atoms with Crippen LogP contribution in [0.5, 0.6) is 0 Å². The van der Waals surface area contributed by atoms with Crippen LogP contribution in [0.4, 0.5) is 0 Å². The molecule has 4 nitrogen and oxygen atoms in total. The maximum absolute atomic E-state index is 6.14. The third-order valence-corrected chi connectivity index (χ3v) is 5.09. The van der Waals surface area contributed by atoms with Crippen LogP contribution in [-0.4, -0.2) is 15.2 Å². The zero-order valence-electron chi connectivity index (χ0n) is 11.5. The second-order valence-electron chi connectivity index (χ2n) is 4.52. The first-order chi connectivity index (χ1) is 10.6. The van der Waals surface area contributed by atoms with Gasteiger partial charge >= 0.3 is 0 Å². The summed E-state index contributed by atoms with van der Waals surface area (Å²) in [4.78, 5) is 4.38. The summed E-state index contributed by atoms with van der Waals surface area (Å²) in [7, 11) is 0. The number of rotatable bonds is 5. The minimum atomic E-state index is 0.521. The van der Waals surface area contributed by atoms with E-state index in [4.69, 9.17) is 27.6 Å². The van der Waals surface area contributed by atoms with Gasteiger partial charge in [-0.3, -0.25) is 0 Å². The molecule has 3 aromatic rings. The molecular formula is C14H11Cl2N3OS2. The van der Waals surface area contributed by atoms with Crippen molar-refractivity contribution in [3.05, 3.63) is 55.8 Å². The predicted molar refractivity (Wildman–Crippen MR) is 90.0 cm³/mol. The smallest absolute Gasteiger partial charge is 0.276 e. The van der Waals surface area contributed by atoms with Crippen molar-refractivity contribution in [1.82, 2.24) is 15.2 Å². The molecule has 0 aliphatic heterocycles. The van der Waals surface area contributed by atoms with E-state index in [-0.39, 0.29) is 0 Å². The Kier molecular flexibility index (Phi) is 5.03. The maximum atomic E-state index is 6.14. The lowest BCUT2D eigenvalue weighted by molar-refractivity contribution is 0.419. The molecule has 0 fully saturated rings. The molecule has 0 N–H and O–H groups in total. The Labute approximate surface area is 145 Å². The van der Waals surface area contributed by atoms with Crippen LogP contribution < -0.4 is 0 Å². The average Bonchev–Trinajstić information content (AvgIpc) is 3.08. The number of nitrogens with zero attached hydrogens (tertiary/aromatic N) is 3. The van der Waals surface area contributed by atoms with Crippen LogP contribution in [-0.2, 0) is 12.2 Å². The van der Waals surface area contributed by atoms with Crippen molar-refractivity contribution in [3.63, 3.8) is 0 Å². The minimum Gasteiger partial charge on any atom is -0.416 e. The number of thioether (sulfide) groups is 1. The second-order valence-corrected chi connectivity index (χ2v) is 7.35. The normalized spacial score (nSPS) is 11.0. The Morgan fingerprint density at radius 1 is 1.27 bits per heavy atom. The van der Waals surface area contributed by atoms with Crippen LogP contribution in [0.15, 0.2) is 33.2 Å². The summed E-state index contributed by atoms with van der Waals surface area (Å²) in [6.45, 7) is 1.97. The summed E-state index contributed by atoms with van der Waals surface area (Å²) in [5.74, 6) is 1.21. The molecule has 1 aromatic carbocycles. The Balaban J connectivity index is 1.62. The highest BCUT2D eigenvalue weighted by atomic mass is 35.5. The summed E-state index contributed by atoms with van der Waals surface area (Å²) >= 11 is 15.1. The first-order valence-corrected chi connectivity index (χ1v) is 9.02. The van der Waals surface area contributed by atoms with Gasteiger partial charge in [0, 0.05) is 21.2 Å². The molecule has 0 saturated carbocycles. The molecule has 8 heteroatoms. The molecule has 0 saturated heterocycles. The van der Waals surface area contributed by atoms with Crippen LogP contribution >= 0.6 is 46.3 Å². The van der Waals surface area contributed by atoms with E-state index in [1.165, 1.54) is 11.8 Å². The Bertz CT molecular complexity index is 788. The predicted octanol–water partition coefficient (Wildman–Crippen LogP) is 5.02. The highest BCUT2D eigenvalue weighted by molar-refractivity contribution is 7.98. The Hall–Kier alpha value is -1.08. The van der Waals surface area contributed by atoms with Gasteiger partial charge in [-0.05, 0) is 24.6 Å². The summed E-state index contributed by atoms with van der Waals surface area (Å²) in [5.41, 5.74) is 1.93. The minimum absolute atomic E-state index is 0.521. The highest BCUT2D eigenvalue weighted by Crippen LogP contribution is 2.28. The molecule has 0 aliphatic carbocycles. The van der Waals surface area contributed by atoms with Crippen molar-refractivity contribution in [2.45, 2.75) is 24.3 Å². The molecule has 0 bridgehead atoms. The maximum Gasteiger partial charge on any atom is 0.276 e. The Morgan fingerprint density at radius 2 is 2.14 bits per heavy atom. The van der Waals surface area contributed by atoms with E-state index in [0.29, 0.717) is 33.3 Å². The fraction of sp³-hybridized carbons (Fsp3) is 0.214. The number of halogens is 2. The fourth-order valence-corrected chi connectivity index (χ4v) is 3.74. The lowest BCUT2D eigenvalue weighted by Gasteiger charge is -2.02. The largest absolute Gasteiger partial charge is 0.416 e. The fourth-order valence-electron chi connectivity index (χ4n) is 1.79. The van der Waals surface area contributed by atoms with Gasteiger partial charge in [0.05, 0.1) is 17.1 Å². The number of benzene rings is 1. The van der Waals surface area contributed by atoms with E-state index in [2.05, 4.69) is 15.2 Å². The molecule has 0 radical (unpaired) electrons. The van der Waals surface area contributed by atoms with Gasteiger partial charge in [0.1, 0.15) is 0 Å². The van der Waals surface area contributed by atoms with Gasteiger partial charge < -0.3 is 4.42 Å². The SMILES string of the molecule is Cc1nc(Cc2nnc(SCc3ccc(Cl)cc3Cl)o2)cs1. The van der Waals surface area contributed by atoms with Gasteiger partial charge in [-0.25, -0.2) is 4.98 Å². The van der Waals surface area contributed by atoms with Gasteiger partial charge in [-0.1, -0.05) is 41.0 Å². The van der Waals surface area contributed by atoms with Gasteiger partial charge in [-0.15, -0.1) is 21.5 Å². The van der Waals surface area contributed by atoms with Gasteiger partial charge in [0.2, 0.25) is 5.89 Å². The number of hydrogen-bond acceptors (Lipinski definition) is 6. The number of hydrogen-bond donors (Lipinski definition) is 0. The third-order valence-electron chi connectivity index (χ3n) is 2.81. The summed E-state index contributed by atoms with van der Waals surface area (Å²) in [5, 5.41) is 12.9. The molecule has 2 aromatic heterocycles. The van der Waals surface area contributed by atoms with Gasteiger partial charge in [-0.2, -0.15) is 0 Å². The zero-order valence-corrected chi connectivity index (χ0v) is 14.7. The molecule has 3 rings (SSSR count). The molecule has 114 valence electrons. The molecule has 22 heavy (non-hydrogen) atoms. The van der Waals surface area contributed by atoms with Crippen LogP contribution in [0.3, 0.4) is 0 Å². The van der Waals surface area contributed by atoms with E-state index in [9.17, 15) is 0 Å². The quantitative estimate of drug-likeness (QED) is 0.589. The topological polar surface area (TPSA) is 51.8 Å². The average molecular weight is 372 g/mol. The molecule has 0 spiro atoms. The van der Waals surface area contributed by atoms with E-state index in [0.717, 1.165) is 16.3 Å². The van der Waals surface area contributed by atoms with Crippen LogP contribution in [0.25, 0.3) is 0 Å². The summed E-state index contributed by atoms with van der Waals surface area (Å²) in [6.07, 6.45) is 0.555. The van der Waals surface area contributed by atoms with E-state index in [1.54, 1.807) is 17.4 Å². The molecular weight excluding hydrogens is 361 g/mol. The van der Waals surface area contributed by atoms with E-state index < -0.39 is 0 Å². The first kappa shape index (κ1) is 15.8. The van der Waals surface area contributed by atoms with Crippen molar-refractivity contribution in [1.29, 1.82) is 0 Å². The molecule has 0 amide bonds. The molecule has 0 atom stereocenters. The van der Waals surface area contributed by atoms with E-state index >= 15 is 0 Å². The lowest BCUT2D eigenvalue weighted by Crippen LogP contribution is -1.88. The molecule has 2 heterocycles. The van der Waals surface area contributed by atoms with Crippen LogP contribution in [0.2, 0.25) is 10.0 Å². The zero-order chi connectivity index (χ0) is 15.5. The van der Waals surface area contributed by atoms with Gasteiger partial charge in [0.25, 0.3) is 5.22 Å². The lowest BCUT2D eigenvalue weighted by atomic mass is 10.2. The molecule has 0 unspecified atom stereocenters. The third kappa shape index (κ3) is 4.01. The van der Waals surface area contributed by atoms with Crippen molar-refractivity contribution < 1.29 is 4.42 Å². The standard InChI is InChI=1S/C14H11Cl2N3OS2/c1-8-17-11(7-21-8)5-13-18-19-14(20-13)22-6-9-2-3-10(15)4-12(9)16/h2-4,7H,5-6H2,1H3. The van der Waals surface area contributed by atoms with Gasteiger partial charge in [0.15, 0.2) is 0 Å². The van der Waals surface area contributed by atoms with Crippen molar-refractivity contribution in [3.8, 4) is 0 Å². The highest BCUT2D eigenvalue weighted by Gasteiger charge is 2.10. The van der Waals surface area contributed by atoms with E-state index in [1.807, 2.05) is 24.4 Å². The first-order valence-electron chi connectivity index (χ1n) is 6.40. The monoisotopic (exact) mass is 371 g/mol. The number of aryl methyl sites for hydroxylation is 1. The van der Waals surface area contributed by atoms with Crippen molar-refractivity contribution >= 4 is 46.3 Å². The van der Waals surface area contributed by atoms with Crippen LogP contribution in [0.1, 0.15) is 22.2 Å². The summed E-state index contributed by atoms with van der Waals surface area (Å²) < 4.78 is 5.62. The summed E-state index contributed by atoms with van der Waals surface area (Å²) in [6, 6.07) is 5.43.